The molecule has 0 radical (unpaired) electrons. The maximum Gasteiger partial charge on any atom is 0.253 e. The van der Waals surface area contributed by atoms with E-state index in [0.717, 1.165) is 18.4 Å². The van der Waals surface area contributed by atoms with Crippen molar-refractivity contribution in [3.05, 3.63) is 59.7 Å². The van der Waals surface area contributed by atoms with Crippen molar-refractivity contribution in [3.63, 3.8) is 0 Å². The largest absolute Gasteiger partial charge is 0.497 e. The van der Waals surface area contributed by atoms with Gasteiger partial charge in [0.05, 0.1) is 13.0 Å². The van der Waals surface area contributed by atoms with Crippen molar-refractivity contribution >= 4 is 17.5 Å². The van der Waals surface area contributed by atoms with Crippen molar-refractivity contribution < 1.29 is 14.3 Å². The molecule has 0 aliphatic carbocycles. The van der Waals surface area contributed by atoms with E-state index in [2.05, 4.69) is 5.32 Å². The first kappa shape index (κ1) is 18.0. The number of nitrogens with one attached hydrogen (secondary N) is 1. The fourth-order valence-corrected chi connectivity index (χ4v) is 3.28. The summed E-state index contributed by atoms with van der Waals surface area (Å²) in [7, 11) is 1.59. The number of nitrogens with zero attached hydrogens (tertiary/aromatic N) is 1. The highest BCUT2D eigenvalue weighted by Gasteiger charge is 2.29. The van der Waals surface area contributed by atoms with Gasteiger partial charge in [-0.25, -0.2) is 0 Å². The Morgan fingerprint density at radius 2 is 1.96 bits per heavy atom. The molecule has 2 amide bonds. The van der Waals surface area contributed by atoms with Crippen molar-refractivity contribution in [2.24, 2.45) is 5.92 Å². The van der Waals surface area contributed by atoms with E-state index in [0.29, 0.717) is 30.1 Å². The molecule has 1 heterocycles. The van der Waals surface area contributed by atoms with Crippen LogP contribution >= 0.6 is 0 Å². The predicted molar refractivity (Wildman–Crippen MR) is 101 cm³/mol. The number of carbonyl (C=O) groups is 2. The average Bonchev–Trinajstić information content (AvgIpc) is 2.67. The maximum absolute atomic E-state index is 12.7. The summed E-state index contributed by atoms with van der Waals surface area (Å²) in [6.45, 7) is 3.11. The molecular weight excluding hydrogens is 328 g/mol. The summed E-state index contributed by atoms with van der Waals surface area (Å²) in [5.74, 6) is 0.430. The molecule has 2 aromatic carbocycles. The summed E-state index contributed by atoms with van der Waals surface area (Å²) < 4.78 is 5.18. The van der Waals surface area contributed by atoms with E-state index in [-0.39, 0.29) is 17.7 Å². The molecule has 5 nitrogen and oxygen atoms in total. The molecule has 3 rings (SSSR count). The molecule has 0 unspecified atom stereocenters. The molecule has 0 aromatic heterocycles. The number of ether oxygens (including phenoxy) is 1. The third kappa shape index (κ3) is 4.23. The molecule has 5 heteroatoms. The number of hydrogen-bond donors (Lipinski definition) is 1. The third-order valence-electron chi connectivity index (χ3n) is 4.68. The molecule has 1 saturated heterocycles. The summed E-state index contributed by atoms with van der Waals surface area (Å²) >= 11 is 0. The molecular formula is C21H24N2O3. The molecule has 2 aromatic rings. The fraction of sp³-hybridized carbons (Fsp3) is 0.333. The smallest absolute Gasteiger partial charge is 0.253 e. The molecule has 26 heavy (non-hydrogen) atoms. The van der Waals surface area contributed by atoms with Gasteiger partial charge in [0.25, 0.3) is 5.91 Å². The number of aryl methyl sites for hydroxylation is 1. The zero-order chi connectivity index (χ0) is 18.5. The topological polar surface area (TPSA) is 58.6 Å². The number of piperidine rings is 1. The van der Waals surface area contributed by atoms with Crippen LogP contribution in [0.4, 0.5) is 5.69 Å². The van der Waals surface area contributed by atoms with Gasteiger partial charge in [0.15, 0.2) is 0 Å². The Morgan fingerprint density at radius 1 is 1.15 bits per heavy atom. The molecule has 1 atom stereocenters. The number of likely N-dealkylation sites (tertiary alicyclic amines) is 1. The second kappa shape index (κ2) is 8.04. The zero-order valence-electron chi connectivity index (χ0n) is 15.2. The van der Waals surface area contributed by atoms with Crippen molar-refractivity contribution in [1.29, 1.82) is 0 Å². The molecule has 136 valence electrons. The standard InChI is InChI=1S/C21H24N2O3/c1-15-6-3-7-16(12-15)21(25)23-11-5-8-17(14-23)20(24)22-18-9-4-10-19(13-18)26-2/h3-4,6-7,9-10,12-13,17H,5,8,11,14H2,1-2H3,(H,22,24)/t17-/m0/s1. The van der Waals surface area contributed by atoms with Crippen LogP contribution in [0.3, 0.4) is 0 Å². The Hall–Kier alpha value is -2.82. The van der Waals surface area contributed by atoms with Crippen molar-refractivity contribution in [2.45, 2.75) is 19.8 Å². The van der Waals surface area contributed by atoms with Gasteiger partial charge in [-0.2, -0.15) is 0 Å². The van der Waals surface area contributed by atoms with E-state index < -0.39 is 0 Å². The summed E-state index contributed by atoms with van der Waals surface area (Å²) in [6, 6.07) is 14.9. The highest BCUT2D eigenvalue weighted by atomic mass is 16.5. The zero-order valence-corrected chi connectivity index (χ0v) is 15.2. The Kier molecular flexibility index (Phi) is 5.56. The van der Waals surface area contributed by atoms with Crippen LogP contribution in [0, 0.1) is 12.8 Å². The lowest BCUT2D eigenvalue weighted by Gasteiger charge is -2.32. The first-order valence-electron chi connectivity index (χ1n) is 8.87. The third-order valence-corrected chi connectivity index (χ3v) is 4.68. The predicted octanol–water partition coefficient (Wildman–Crippen LogP) is 3.49. The van der Waals surface area contributed by atoms with E-state index in [1.807, 2.05) is 49.4 Å². The lowest BCUT2D eigenvalue weighted by Crippen LogP contribution is -2.43. The molecule has 1 aliphatic heterocycles. The Balaban J connectivity index is 1.65. The van der Waals surface area contributed by atoms with Crippen LogP contribution in [-0.4, -0.2) is 36.9 Å². The van der Waals surface area contributed by atoms with E-state index in [1.54, 1.807) is 18.1 Å². The molecule has 0 saturated carbocycles. The van der Waals surface area contributed by atoms with Gasteiger partial charge < -0.3 is 15.0 Å². The van der Waals surface area contributed by atoms with Crippen LogP contribution in [0.5, 0.6) is 5.75 Å². The van der Waals surface area contributed by atoms with Crippen LogP contribution in [0.25, 0.3) is 0 Å². The van der Waals surface area contributed by atoms with E-state index >= 15 is 0 Å². The number of carbonyl (C=O) groups excluding carboxylic acids is 2. The summed E-state index contributed by atoms with van der Waals surface area (Å²) in [5, 5.41) is 2.94. The first-order chi connectivity index (χ1) is 12.6. The van der Waals surface area contributed by atoms with Gasteiger partial charge >= 0.3 is 0 Å². The fourth-order valence-electron chi connectivity index (χ4n) is 3.28. The Labute approximate surface area is 154 Å². The molecule has 0 spiro atoms. The van der Waals surface area contributed by atoms with Gasteiger partial charge in [-0.05, 0) is 44.0 Å². The van der Waals surface area contributed by atoms with Crippen LogP contribution in [0.2, 0.25) is 0 Å². The van der Waals surface area contributed by atoms with Gasteiger partial charge in [0.1, 0.15) is 5.75 Å². The minimum atomic E-state index is -0.205. The minimum Gasteiger partial charge on any atom is -0.497 e. The van der Waals surface area contributed by atoms with Crippen LogP contribution < -0.4 is 10.1 Å². The number of methoxy groups -OCH3 is 1. The highest BCUT2D eigenvalue weighted by Crippen LogP contribution is 2.22. The number of amides is 2. The van der Waals surface area contributed by atoms with Crippen LogP contribution in [0.1, 0.15) is 28.8 Å². The lowest BCUT2D eigenvalue weighted by molar-refractivity contribution is -0.121. The molecule has 1 fully saturated rings. The normalized spacial score (nSPS) is 16.8. The SMILES string of the molecule is COc1cccc(NC(=O)[C@H]2CCCN(C(=O)c3cccc(C)c3)C2)c1. The number of rotatable bonds is 4. The summed E-state index contributed by atoms with van der Waals surface area (Å²) in [5.41, 5.74) is 2.44. The second-order valence-corrected chi connectivity index (χ2v) is 6.68. The van der Waals surface area contributed by atoms with Crippen molar-refractivity contribution in [2.75, 3.05) is 25.5 Å². The van der Waals surface area contributed by atoms with Crippen LogP contribution in [0.15, 0.2) is 48.5 Å². The number of hydrogen-bond acceptors (Lipinski definition) is 3. The Bertz CT molecular complexity index is 803. The number of benzene rings is 2. The monoisotopic (exact) mass is 352 g/mol. The molecule has 1 N–H and O–H groups in total. The van der Waals surface area contributed by atoms with E-state index in [1.165, 1.54) is 0 Å². The molecule has 1 aliphatic rings. The molecule has 0 bridgehead atoms. The lowest BCUT2D eigenvalue weighted by atomic mass is 9.96. The van der Waals surface area contributed by atoms with E-state index in [9.17, 15) is 9.59 Å². The Morgan fingerprint density at radius 3 is 2.73 bits per heavy atom. The van der Waals surface area contributed by atoms with Gasteiger partial charge in [-0.15, -0.1) is 0 Å². The van der Waals surface area contributed by atoms with Gasteiger partial charge in [-0.3, -0.25) is 9.59 Å². The first-order valence-corrected chi connectivity index (χ1v) is 8.87. The average molecular weight is 352 g/mol. The maximum atomic E-state index is 12.7. The van der Waals surface area contributed by atoms with Gasteiger partial charge in [0.2, 0.25) is 5.91 Å². The van der Waals surface area contributed by atoms with E-state index in [4.69, 9.17) is 4.74 Å². The van der Waals surface area contributed by atoms with Crippen molar-refractivity contribution in [3.8, 4) is 5.75 Å². The van der Waals surface area contributed by atoms with Gasteiger partial charge in [0, 0.05) is 30.4 Å². The second-order valence-electron chi connectivity index (χ2n) is 6.68. The van der Waals surface area contributed by atoms with Crippen LogP contribution in [-0.2, 0) is 4.79 Å². The van der Waals surface area contributed by atoms with Crippen molar-refractivity contribution in [1.82, 2.24) is 4.90 Å². The van der Waals surface area contributed by atoms with Gasteiger partial charge in [-0.1, -0.05) is 23.8 Å². The quantitative estimate of drug-likeness (QED) is 0.916. The minimum absolute atomic E-state index is 0.00687. The highest BCUT2D eigenvalue weighted by molar-refractivity contribution is 5.96. The summed E-state index contributed by atoms with van der Waals surface area (Å²) in [4.78, 5) is 27.2. The summed E-state index contributed by atoms with van der Waals surface area (Å²) in [6.07, 6.45) is 1.61. The number of anilines is 1.